The number of carbonyl (C=O) groups is 1. The number of hydrogen-bond acceptors (Lipinski definition) is 4. The maximum Gasteiger partial charge on any atom is 0.251 e. The molecule has 1 amide bonds. The summed E-state index contributed by atoms with van der Waals surface area (Å²) in [4.78, 5) is 17.9. The number of fused-ring (bicyclic) bond motifs is 1. The van der Waals surface area contributed by atoms with Gasteiger partial charge in [-0.3, -0.25) is 9.20 Å². The first kappa shape index (κ1) is 22.0. The number of pyridine rings is 1. The molecule has 5 rings (SSSR count). The van der Waals surface area contributed by atoms with Crippen LogP contribution >= 0.6 is 0 Å². The molecule has 3 aromatic rings. The molecule has 0 saturated heterocycles. The maximum absolute atomic E-state index is 13.0. The zero-order chi connectivity index (χ0) is 22.8. The summed E-state index contributed by atoms with van der Waals surface area (Å²) in [5.41, 5.74) is 10.7. The molecule has 2 fully saturated rings. The number of nitrogens with zero attached hydrogens (tertiary/aromatic N) is 2. The Morgan fingerprint density at radius 3 is 2.42 bits per heavy atom. The average Bonchev–Trinajstić information content (AvgIpc) is 3.19. The topological polar surface area (TPSA) is 84.5 Å². The third-order valence-electron chi connectivity index (χ3n) is 7.27. The fourth-order valence-corrected chi connectivity index (χ4v) is 5.21. The Hall–Kier alpha value is -2.86. The molecule has 0 spiro atoms. The second kappa shape index (κ2) is 9.56. The van der Waals surface area contributed by atoms with Gasteiger partial charge in [-0.2, -0.15) is 0 Å². The maximum atomic E-state index is 13.0. The van der Waals surface area contributed by atoms with E-state index in [1.165, 1.54) is 37.7 Å². The molecule has 2 aliphatic rings. The van der Waals surface area contributed by atoms with E-state index in [2.05, 4.69) is 46.2 Å². The molecule has 2 aliphatic carbocycles. The number of nitrogens with one attached hydrogen (secondary N) is 2. The molecular formula is C27H35N5O. The minimum absolute atomic E-state index is 0.0281. The minimum Gasteiger partial charge on any atom is -0.367 e. The van der Waals surface area contributed by atoms with Crippen LogP contribution in [0.3, 0.4) is 0 Å². The summed E-state index contributed by atoms with van der Waals surface area (Å²) in [6.45, 7) is 2.10. The zero-order valence-corrected chi connectivity index (χ0v) is 19.5. The fraction of sp³-hybridized carbons (Fsp3) is 0.481. The summed E-state index contributed by atoms with van der Waals surface area (Å²) in [5, 5.41) is 6.99. The largest absolute Gasteiger partial charge is 0.367 e. The lowest BCUT2D eigenvalue weighted by molar-refractivity contribution is 0.0926. The summed E-state index contributed by atoms with van der Waals surface area (Å²) in [5.74, 6) is 0.994. The van der Waals surface area contributed by atoms with Crippen LogP contribution in [0.25, 0.3) is 16.9 Å². The lowest BCUT2D eigenvalue weighted by Gasteiger charge is -2.26. The number of anilines is 1. The van der Waals surface area contributed by atoms with Crippen LogP contribution in [0.5, 0.6) is 0 Å². The Morgan fingerprint density at radius 2 is 1.70 bits per heavy atom. The molecule has 6 nitrogen and oxygen atoms in total. The summed E-state index contributed by atoms with van der Waals surface area (Å²) >= 11 is 0. The molecule has 0 radical (unpaired) electrons. The molecule has 174 valence electrons. The number of aromatic nitrogens is 2. The van der Waals surface area contributed by atoms with Crippen molar-refractivity contribution in [3.63, 3.8) is 0 Å². The quantitative estimate of drug-likeness (QED) is 0.513. The lowest BCUT2D eigenvalue weighted by Crippen LogP contribution is -2.40. The van der Waals surface area contributed by atoms with Crippen LogP contribution in [0.2, 0.25) is 0 Å². The smallest absolute Gasteiger partial charge is 0.251 e. The third-order valence-corrected chi connectivity index (χ3v) is 7.27. The van der Waals surface area contributed by atoms with E-state index in [0.717, 1.165) is 48.4 Å². The van der Waals surface area contributed by atoms with Crippen LogP contribution < -0.4 is 16.4 Å². The molecule has 2 aromatic heterocycles. The Morgan fingerprint density at radius 1 is 0.970 bits per heavy atom. The summed E-state index contributed by atoms with van der Waals surface area (Å²) < 4.78 is 2.10. The average molecular weight is 446 g/mol. The molecule has 0 unspecified atom stereocenters. The van der Waals surface area contributed by atoms with Crippen molar-refractivity contribution in [2.24, 2.45) is 5.73 Å². The van der Waals surface area contributed by atoms with Crippen molar-refractivity contribution in [2.75, 3.05) is 5.32 Å². The van der Waals surface area contributed by atoms with E-state index in [1.54, 1.807) is 0 Å². The highest BCUT2D eigenvalue weighted by Crippen LogP contribution is 2.32. The van der Waals surface area contributed by atoms with Crippen LogP contribution in [-0.2, 0) is 0 Å². The molecule has 33 heavy (non-hydrogen) atoms. The number of carbonyl (C=O) groups excluding carboxylic acids is 1. The fourth-order valence-electron chi connectivity index (χ4n) is 5.21. The van der Waals surface area contributed by atoms with Crippen molar-refractivity contribution in [3.8, 4) is 11.3 Å². The van der Waals surface area contributed by atoms with Gasteiger partial charge in [-0.1, -0.05) is 49.1 Å². The van der Waals surface area contributed by atoms with Crippen LogP contribution in [0.4, 0.5) is 5.82 Å². The van der Waals surface area contributed by atoms with E-state index in [4.69, 9.17) is 10.7 Å². The van der Waals surface area contributed by atoms with Gasteiger partial charge in [-0.05, 0) is 57.6 Å². The monoisotopic (exact) mass is 445 g/mol. The first-order valence-corrected chi connectivity index (χ1v) is 12.5. The molecule has 4 N–H and O–H groups in total. The Balaban J connectivity index is 1.45. The van der Waals surface area contributed by atoms with Gasteiger partial charge < -0.3 is 16.4 Å². The van der Waals surface area contributed by atoms with Gasteiger partial charge in [0.2, 0.25) is 0 Å². The Kier molecular flexibility index (Phi) is 6.36. The number of imidazole rings is 1. The summed E-state index contributed by atoms with van der Waals surface area (Å²) in [6, 6.07) is 13.3. The highest BCUT2D eigenvalue weighted by Gasteiger charge is 2.23. The second-order valence-electron chi connectivity index (χ2n) is 9.88. The van der Waals surface area contributed by atoms with Gasteiger partial charge >= 0.3 is 0 Å². The van der Waals surface area contributed by atoms with Crippen molar-refractivity contribution < 1.29 is 4.79 Å². The molecule has 0 aliphatic heterocycles. The SMILES string of the molecule is Cc1ccc(-c2nc3cc(C(=O)NC4CCC(N)CC4)ccn3c2NC2CCCCC2)cc1. The van der Waals surface area contributed by atoms with Gasteiger partial charge in [0.15, 0.2) is 0 Å². The van der Waals surface area contributed by atoms with Crippen molar-refractivity contribution in [2.45, 2.75) is 82.8 Å². The number of hydrogen-bond donors (Lipinski definition) is 3. The highest BCUT2D eigenvalue weighted by molar-refractivity contribution is 5.95. The van der Waals surface area contributed by atoms with Crippen LogP contribution in [0.15, 0.2) is 42.6 Å². The minimum atomic E-state index is -0.0281. The number of benzene rings is 1. The predicted octanol–water partition coefficient (Wildman–Crippen LogP) is 5.05. The number of amides is 1. The van der Waals surface area contributed by atoms with Crippen molar-refractivity contribution in [1.29, 1.82) is 0 Å². The van der Waals surface area contributed by atoms with Crippen LogP contribution in [0.1, 0.15) is 73.7 Å². The lowest BCUT2D eigenvalue weighted by atomic mass is 9.91. The van der Waals surface area contributed by atoms with Gasteiger partial charge in [0.25, 0.3) is 5.91 Å². The van der Waals surface area contributed by atoms with E-state index < -0.39 is 0 Å². The van der Waals surface area contributed by atoms with E-state index in [9.17, 15) is 4.79 Å². The summed E-state index contributed by atoms with van der Waals surface area (Å²) in [6.07, 6.45) is 12.1. The molecule has 2 saturated carbocycles. The molecule has 2 heterocycles. The second-order valence-corrected chi connectivity index (χ2v) is 9.88. The van der Waals surface area contributed by atoms with Crippen molar-refractivity contribution >= 4 is 17.4 Å². The first-order chi connectivity index (χ1) is 16.1. The van der Waals surface area contributed by atoms with Gasteiger partial charge in [-0.25, -0.2) is 4.98 Å². The standard InChI is InChI=1S/C27H35N5O/c1-18-7-9-19(10-8-18)25-26(29-22-5-3-2-4-6-22)32-16-15-20(17-24(32)31-25)27(33)30-23-13-11-21(28)12-14-23/h7-10,15-17,21-23,29H,2-6,11-14,28H2,1H3,(H,30,33). The molecular weight excluding hydrogens is 410 g/mol. The van der Waals surface area contributed by atoms with Crippen LogP contribution in [0, 0.1) is 6.92 Å². The third kappa shape index (κ3) is 4.91. The van der Waals surface area contributed by atoms with Crippen LogP contribution in [-0.4, -0.2) is 33.4 Å². The van der Waals surface area contributed by atoms with E-state index in [1.807, 2.05) is 18.3 Å². The number of rotatable bonds is 5. The summed E-state index contributed by atoms with van der Waals surface area (Å²) in [7, 11) is 0. The first-order valence-electron chi connectivity index (χ1n) is 12.5. The number of nitrogens with two attached hydrogens (primary N) is 1. The van der Waals surface area contributed by atoms with Gasteiger partial charge in [0.1, 0.15) is 17.2 Å². The Labute approximate surface area is 196 Å². The highest BCUT2D eigenvalue weighted by atomic mass is 16.1. The van der Waals surface area contributed by atoms with E-state index in [-0.39, 0.29) is 18.0 Å². The normalized spacial score (nSPS) is 21.8. The predicted molar refractivity (Wildman–Crippen MR) is 134 cm³/mol. The van der Waals surface area contributed by atoms with Crippen molar-refractivity contribution in [3.05, 3.63) is 53.7 Å². The van der Waals surface area contributed by atoms with Gasteiger partial charge in [0.05, 0.1) is 0 Å². The molecule has 0 bridgehead atoms. The van der Waals surface area contributed by atoms with E-state index >= 15 is 0 Å². The van der Waals surface area contributed by atoms with Gasteiger partial charge in [0, 0.05) is 35.4 Å². The zero-order valence-electron chi connectivity index (χ0n) is 19.5. The Bertz CT molecular complexity index is 1110. The van der Waals surface area contributed by atoms with E-state index in [0.29, 0.717) is 11.6 Å². The molecule has 1 aromatic carbocycles. The molecule has 6 heteroatoms. The van der Waals surface area contributed by atoms with Crippen molar-refractivity contribution in [1.82, 2.24) is 14.7 Å². The number of aryl methyl sites for hydroxylation is 1. The molecule has 0 atom stereocenters. The van der Waals surface area contributed by atoms with Gasteiger partial charge in [-0.15, -0.1) is 0 Å².